The molecule has 5 heteroatoms. The highest BCUT2D eigenvalue weighted by Crippen LogP contribution is 2.20. The summed E-state index contributed by atoms with van der Waals surface area (Å²) in [5.41, 5.74) is 2.46. The second-order valence-electron chi connectivity index (χ2n) is 5.08. The molecule has 1 aromatic heterocycles. The van der Waals surface area contributed by atoms with Gasteiger partial charge < -0.3 is 10.1 Å². The van der Waals surface area contributed by atoms with Crippen LogP contribution < -0.4 is 15.6 Å². The van der Waals surface area contributed by atoms with Crippen LogP contribution in [-0.4, -0.2) is 23.4 Å². The van der Waals surface area contributed by atoms with Crippen LogP contribution in [0.1, 0.15) is 25.8 Å². The third-order valence-electron chi connectivity index (χ3n) is 3.34. The van der Waals surface area contributed by atoms with Gasteiger partial charge in [-0.05, 0) is 50.7 Å². The number of hydrogen-bond donors (Lipinski definition) is 1. The van der Waals surface area contributed by atoms with Crippen LogP contribution in [0.3, 0.4) is 0 Å². The van der Waals surface area contributed by atoms with E-state index in [9.17, 15) is 4.79 Å². The van der Waals surface area contributed by atoms with E-state index in [0.29, 0.717) is 19.7 Å². The molecule has 1 heterocycles. The highest BCUT2D eigenvalue weighted by Gasteiger charge is 2.09. The van der Waals surface area contributed by atoms with Gasteiger partial charge in [-0.15, -0.1) is 0 Å². The Morgan fingerprint density at radius 1 is 1.23 bits per heavy atom. The smallest absolute Gasteiger partial charge is 0.271 e. The van der Waals surface area contributed by atoms with E-state index in [1.165, 1.54) is 4.68 Å². The molecule has 2 rings (SSSR count). The van der Waals surface area contributed by atoms with Crippen molar-refractivity contribution in [2.24, 2.45) is 0 Å². The molecule has 1 aromatic carbocycles. The third-order valence-corrected chi connectivity index (χ3v) is 3.34. The first kappa shape index (κ1) is 16.2. The van der Waals surface area contributed by atoms with Crippen molar-refractivity contribution in [3.05, 3.63) is 46.2 Å². The second kappa shape index (κ2) is 7.75. The van der Waals surface area contributed by atoms with E-state index in [2.05, 4.69) is 17.3 Å². The Morgan fingerprint density at radius 3 is 2.55 bits per heavy atom. The number of hydrogen-bond acceptors (Lipinski definition) is 4. The molecule has 0 spiro atoms. The zero-order chi connectivity index (χ0) is 15.9. The maximum Gasteiger partial charge on any atom is 0.271 e. The van der Waals surface area contributed by atoms with Crippen molar-refractivity contribution in [3.8, 4) is 17.0 Å². The second-order valence-corrected chi connectivity index (χ2v) is 5.08. The maximum absolute atomic E-state index is 12.2. The van der Waals surface area contributed by atoms with Crippen molar-refractivity contribution >= 4 is 0 Å². The van der Waals surface area contributed by atoms with Crippen molar-refractivity contribution < 1.29 is 4.74 Å². The summed E-state index contributed by atoms with van der Waals surface area (Å²) in [4.78, 5) is 12.2. The first-order chi connectivity index (χ1) is 10.7. The van der Waals surface area contributed by atoms with Crippen LogP contribution in [0, 0.1) is 0 Å². The van der Waals surface area contributed by atoms with E-state index in [4.69, 9.17) is 4.74 Å². The van der Waals surface area contributed by atoms with Gasteiger partial charge in [-0.2, -0.15) is 5.10 Å². The molecule has 1 N–H and O–H groups in total. The van der Waals surface area contributed by atoms with Gasteiger partial charge in [0, 0.05) is 24.2 Å². The van der Waals surface area contributed by atoms with Crippen LogP contribution in [0.2, 0.25) is 0 Å². The molecule has 118 valence electrons. The molecule has 0 atom stereocenters. The van der Waals surface area contributed by atoms with Crippen molar-refractivity contribution in [1.82, 2.24) is 15.1 Å². The molecule has 5 nitrogen and oxygen atoms in total. The molecule has 0 aliphatic carbocycles. The molecule has 0 radical (unpaired) electrons. The average molecular weight is 301 g/mol. The number of aryl methyl sites for hydroxylation is 1. The van der Waals surface area contributed by atoms with Crippen LogP contribution in [-0.2, 0) is 13.1 Å². The fourth-order valence-corrected chi connectivity index (χ4v) is 2.21. The lowest BCUT2D eigenvalue weighted by molar-refractivity contribution is 0.317. The van der Waals surface area contributed by atoms with Crippen LogP contribution in [0.25, 0.3) is 11.3 Å². The molecule has 2 aromatic rings. The Balaban J connectivity index is 2.35. The Kier molecular flexibility index (Phi) is 5.72. The number of ether oxygens (including phenoxy) is 1. The van der Waals surface area contributed by atoms with Gasteiger partial charge in [0.25, 0.3) is 5.56 Å². The molecular weight excluding hydrogens is 278 g/mol. The summed E-state index contributed by atoms with van der Waals surface area (Å²) >= 11 is 0. The van der Waals surface area contributed by atoms with E-state index in [1.54, 1.807) is 0 Å². The molecule has 22 heavy (non-hydrogen) atoms. The Bertz CT molecular complexity index is 663. The van der Waals surface area contributed by atoms with Gasteiger partial charge in [0.1, 0.15) is 5.75 Å². The van der Waals surface area contributed by atoms with E-state index >= 15 is 0 Å². The summed E-state index contributed by atoms with van der Waals surface area (Å²) in [5.74, 6) is 0.852. The maximum atomic E-state index is 12.2. The van der Waals surface area contributed by atoms with Crippen molar-refractivity contribution in [2.45, 2.75) is 33.4 Å². The van der Waals surface area contributed by atoms with Crippen LogP contribution in [0.15, 0.2) is 35.1 Å². The van der Waals surface area contributed by atoms with Crippen LogP contribution in [0.5, 0.6) is 5.75 Å². The fraction of sp³-hybridized carbons (Fsp3) is 0.412. The predicted molar refractivity (Wildman–Crippen MR) is 88.2 cm³/mol. The monoisotopic (exact) mass is 301 g/mol. The third kappa shape index (κ3) is 3.74. The number of benzene rings is 1. The van der Waals surface area contributed by atoms with Gasteiger partial charge in [0.15, 0.2) is 0 Å². The van der Waals surface area contributed by atoms with Gasteiger partial charge in [-0.25, -0.2) is 4.68 Å². The highest BCUT2D eigenvalue weighted by atomic mass is 16.5. The summed E-state index contributed by atoms with van der Waals surface area (Å²) in [6.45, 7) is 5.80. The zero-order valence-corrected chi connectivity index (χ0v) is 13.4. The minimum Gasteiger partial charge on any atom is -0.494 e. The lowest BCUT2D eigenvalue weighted by atomic mass is 10.1. The highest BCUT2D eigenvalue weighted by molar-refractivity contribution is 5.60. The molecule has 0 saturated heterocycles. The molecule has 0 bridgehead atoms. The van der Waals surface area contributed by atoms with E-state index in [0.717, 1.165) is 29.0 Å². The largest absolute Gasteiger partial charge is 0.494 e. The fourth-order valence-electron chi connectivity index (χ4n) is 2.21. The first-order valence-electron chi connectivity index (χ1n) is 7.68. The number of rotatable bonds is 7. The molecule has 0 saturated carbocycles. The minimum atomic E-state index is -0.0384. The molecule has 0 amide bonds. The summed E-state index contributed by atoms with van der Waals surface area (Å²) in [6, 6.07) is 9.67. The summed E-state index contributed by atoms with van der Waals surface area (Å²) in [6.07, 6.45) is 0.984. The predicted octanol–water partition coefficient (Wildman–Crippen LogP) is 2.44. The van der Waals surface area contributed by atoms with Crippen molar-refractivity contribution in [1.29, 1.82) is 0 Å². The van der Waals surface area contributed by atoms with E-state index in [-0.39, 0.29) is 5.56 Å². The van der Waals surface area contributed by atoms with E-state index < -0.39 is 0 Å². The molecule has 0 aliphatic rings. The average Bonchev–Trinajstić information content (AvgIpc) is 2.55. The van der Waals surface area contributed by atoms with Crippen molar-refractivity contribution in [2.75, 3.05) is 13.7 Å². The van der Waals surface area contributed by atoms with E-state index in [1.807, 2.05) is 44.3 Å². The van der Waals surface area contributed by atoms with Crippen molar-refractivity contribution in [3.63, 3.8) is 0 Å². The number of nitrogens with zero attached hydrogens (tertiary/aromatic N) is 2. The molecule has 0 aliphatic heterocycles. The SMILES string of the molecule is CCCOc1ccc(-c2cc(CNC)c(=O)n(CC)n2)cc1. The topological polar surface area (TPSA) is 56.1 Å². The summed E-state index contributed by atoms with van der Waals surface area (Å²) in [5, 5.41) is 7.46. The quantitative estimate of drug-likeness (QED) is 0.853. The van der Waals surface area contributed by atoms with Gasteiger partial charge in [0.2, 0.25) is 0 Å². The number of aromatic nitrogens is 2. The lowest BCUT2D eigenvalue weighted by Crippen LogP contribution is -2.28. The standard InChI is InChI=1S/C17H23N3O2/c1-4-10-22-15-8-6-13(7-9-15)16-11-14(12-18-3)17(21)20(5-2)19-16/h6-9,11,18H,4-5,10,12H2,1-3H3. The van der Waals surface area contributed by atoms with Crippen LogP contribution in [0.4, 0.5) is 0 Å². The van der Waals surface area contributed by atoms with Gasteiger partial charge >= 0.3 is 0 Å². The van der Waals surface area contributed by atoms with Gasteiger partial charge in [-0.1, -0.05) is 6.92 Å². The summed E-state index contributed by atoms with van der Waals surface area (Å²) in [7, 11) is 1.83. The Labute approximate surface area is 130 Å². The Hall–Kier alpha value is -2.14. The van der Waals surface area contributed by atoms with Gasteiger partial charge in [0.05, 0.1) is 12.3 Å². The molecule has 0 unspecified atom stereocenters. The number of nitrogens with one attached hydrogen (secondary N) is 1. The summed E-state index contributed by atoms with van der Waals surface area (Å²) < 4.78 is 7.09. The van der Waals surface area contributed by atoms with Gasteiger partial charge in [-0.3, -0.25) is 4.79 Å². The molecule has 0 fully saturated rings. The molecular formula is C17H23N3O2. The lowest BCUT2D eigenvalue weighted by Gasteiger charge is -2.10. The minimum absolute atomic E-state index is 0.0384. The Morgan fingerprint density at radius 2 is 1.95 bits per heavy atom. The first-order valence-corrected chi connectivity index (χ1v) is 7.68. The zero-order valence-electron chi connectivity index (χ0n) is 13.4. The normalized spacial score (nSPS) is 10.7. The van der Waals surface area contributed by atoms with Crippen LogP contribution >= 0.6 is 0 Å².